The van der Waals surface area contributed by atoms with Gasteiger partial charge in [-0.3, -0.25) is 4.79 Å². The zero-order valence-electron chi connectivity index (χ0n) is 17.7. The molecule has 9 heteroatoms. The van der Waals surface area contributed by atoms with Crippen LogP contribution >= 0.6 is 0 Å². The van der Waals surface area contributed by atoms with E-state index in [0.717, 1.165) is 17.7 Å². The number of amides is 1. The minimum Gasteiger partial charge on any atom is -0.367 e. The topological polar surface area (TPSA) is 77.2 Å². The standard InChI is InChI=1S/C23H24F3N3O3/c1-3-15(2)20(27-19(30)14-31-13-16-8-5-4-6-9-16)22-28-21(29-32-22)17-10-7-11-18(12-17)23(24,25)26/h4-12,15,20H,3,13-14H2,1-2H3,(H,27,30)/t15-,20+/m1/s1. The van der Waals surface area contributed by atoms with Crippen LogP contribution in [0.3, 0.4) is 0 Å². The summed E-state index contributed by atoms with van der Waals surface area (Å²) in [4.78, 5) is 16.7. The van der Waals surface area contributed by atoms with Gasteiger partial charge >= 0.3 is 6.18 Å². The second-order valence-corrected chi connectivity index (χ2v) is 7.44. The Bertz CT molecular complexity index is 1020. The monoisotopic (exact) mass is 447 g/mol. The van der Waals surface area contributed by atoms with Crippen LogP contribution in [-0.4, -0.2) is 22.7 Å². The van der Waals surface area contributed by atoms with E-state index in [2.05, 4.69) is 15.5 Å². The molecule has 0 aliphatic rings. The number of carbonyl (C=O) groups is 1. The van der Waals surface area contributed by atoms with Crippen molar-refractivity contribution in [3.8, 4) is 11.4 Å². The summed E-state index contributed by atoms with van der Waals surface area (Å²) in [7, 11) is 0. The highest BCUT2D eigenvalue weighted by atomic mass is 19.4. The third kappa shape index (κ3) is 6.16. The smallest absolute Gasteiger partial charge is 0.367 e. The van der Waals surface area contributed by atoms with Crippen molar-refractivity contribution in [3.05, 3.63) is 71.6 Å². The predicted molar refractivity (Wildman–Crippen MR) is 111 cm³/mol. The van der Waals surface area contributed by atoms with E-state index < -0.39 is 17.8 Å². The number of halogens is 3. The highest BCUT2D eigenvalue weighted by Gasteiger charge is 2.31. The Hall–Kier alpha value is -3.20. The third-order valence-electron chi connectivity index (χ3n) is 5.03. The lowest BCUT2D eigenvalue weighted by atomic mass is 9.99. The quantitative estimate of drug-likeness (QED) is 0.489. The Balaban J connectivity index is 1.69. The van der Waals surface area contributed by atoms with Crippen molar-refractivity contribution in [2.45, 2.75) is 39.1 Å². The zero-order chi connectivity index (χ0) is 23.1. The van der Waals surface area contributed by atoms with Gasteiger partial charge in [0.05, 0.1) is 12.2 Å². The van der Waals surface area contributed by atoms with E-state index in [4.69, 9.17) is 9.26 Å². The van der Waals surface area contributed by atoms with Gasteiger partial charge in [0.15, 0.2) is 0 Å². The van der Waals surface area contributed by atoms with E-state index in [9.17, 15) is 18.0 Å². The van der Waals surface area contributed by atoms with Crippen molar-refractivity contribution in [2.75, 3.05) is 6.61 Å². The number of nitrogens with one attached hydrogen (secondary N) is 1. The molecule has 2 atom stereocenters. The molecule has 6 nitrogen and oxygen atoms in total. The van der Waals surface area contributed by atoms with Crippen molar-refractivity contribution in [3.63, 3.8) is 0 Å². The van der Waals surface area contributed by atoms with Gasteiger partial charge in [0.25, 0.3) is 0 Å². The predicted octanol–water partition coefficient (Wildman–Crippen LogP) is 5.18. The Morgan fingerprint density at radius 3 is 2.59 bits per heavy atom. The van der Waals surface area contributed by atoms with Crippen molar-refractivity contribution in [1.29, 1.82) is 0 Å². The van der Waals surface area contributed by atoms with Crippen LogP contribution < -0.4 is 5.32 Å². The summed E-state index contributed by atoms with van der Waals surface area (Å²) < 4.78 is 49.8. The molecular weight excluding hydrogens is 423 g/mol. The second-order valence-electron chi connectivity index (χ2n) is 7.44. The maximum Gasteiger partial charge on any atom is 0.416 e. The number of hydrogen-bond acceptors (Lipinski definition) is 5. The Labute approximate surface area is 183 Å². The first kappa shape index (κ1) is 23.5. The van der Waals surface area contributed by atoms with Gasteiger partial charge in [-0.15, -0.1) is 0 Å². The molecule has 2 aromatic carbocycles. The number of ether oxygens (including phenoxy) is 1. The van der Waals surface area contributed by atoms with Crippen LogP contribution in [0.4, 0.5) is 13.2 Å². The summed E-state index contributed by atoms with van der Waals surface area (Å²) in [5.74, 6) is -0.259. The molecule has 0 spiro atoms. The molecule has 1 N–H and O–H groups in total. The van der Waals surface area contributed by atoms with Gasteiger partial charge in [0.1, 0.15) is 12.6 Å². The molecule has 1 amide bonds. The molecule has 0 radical (unpaired) electrons. The van der Waals surface area contributed by atoms with Crippen LogP contribution in [0.15, 0.2) is 59.1 Å². The van der Waals surface area contributed by atoms with Crippen LogP contribution in [0.1, 0.15) is 43.3 Å². The number of aromatic nitrogens is 2. The average molecular weight is 447 g/mol. The SMILES string of the molecule is CC[C@@H](C)[C@H](NC(=O)COCc1ccccc1)c1nc(-c2cccc(C(F)(F)F)c2)no1. The fourth-order valence-corrected chi connectivity index (χ4v) is 3.05. The van der Waals surface area contributed by atoms with E-state index in [1.165, 1.54) is 12.1 Å². The Kier molecular flexibility index (Phi) is 7.63. The Morgan fingerprint density at radius 2 is 1.91 bits per heavy atom. The van der Waals surface area contributed by atoms with Crippen molar-refractivity contribution >= 4 is 5.91 Å². The highest BCUT2D eigenvalue weighted by molar-refractivity contribution is 5.77. The van der Waals surface area contributed by atoms with Crippen LogP contribution in [0.5, 0.6) is 0 Å². The van der Waals surface area contributed by atoms with Crippen LogP contribution in [0.25, 0.3) is 11.4 Å². The van der Waals surface area contributed by atoms with Crippen LogP contribution in [-0.2, 0) is 22.3 Å². The molecule has 0 bridgehead atoms. The van der Waals surface area contributed by atoms with E-state index in [1.807, 2.05) is 44.2 Å². The molecule has 0 aliphatic heterocycles. The van der Waals surface area contributed by atoms with Gasteiger partial charge in [-0.25, -0.2) is 0 Å². The van der Waals surface area contributed by atoms with Crippen molar-refractivity contribution in [2.24, 2.45) is 5.92 Å². The first-order valence-electron chi connectivity index (χ1n) is 10.2. The number of hydrogen-bond donors (Lipinski definition) is 1. The maximum absolute atomic E-state index is 13.0. The summed E-state index contributed by atoms with van der Waals surface area (Å²) in [5.41, 5.74) is 0.320. The van der Waals surface area contributed by atoms with Gasteiger partial charge in [0, 0.05) is 5.56 Å². The molecule has 32 heavy (non-hydrogen) atoms. The maximum atomic E-state index is 13.0. The lowest BCUT2D eigenvalue weighted by Crippen LogP contribution is -2.35. The van der Waals surface area contributed by atoms with Gasteiger partial charge in [-0.05, 0) is 23.6 Å². The molecule has 3 rings (SSSR count). The number of alkyl halides is 3. The molecule has 0 aliphatic carbocycles. The number of nitrogens with zero attached hydrogens (tertiary/aromatic N) is 2. The second kappa shape index (κ2) is 10.4. The summed E-state index contributed by atoms with van der Waals surface area (Å²) in [6.45, 7) is 3.99. The fourth-order valence-electron chi connectivity index (χ4n) is 3.05. The minimum atomic E-state index is -4.48. The van der Waals surface area contributed by atoms with Gasteiger partial charge in [-0.2, -0.15) is 18.2 Å². The third-order valence-corrected chi connectivity index (χ3v) is 5.03. The fraction of sp³-hybridized carbons (Fsp3) is 0.348. The molecule has 1 heterocycles. The first-order chi connectivity index (χ1) is 15.3. The molecule has 0 saturated carbocycles. The Morgan fingerprint density at radius 1 is 1.16 bits per heavy atom. The van der Waals surface area contributed by atoms with Gasteiger partial charge in [0.2, 0.25) is 17.6 Å². The average Bonchev–Trinajstić information content (AvgIpc) is 3.27. The summed E-state index contributed by atoms with van der Waals surface area (Å²) >= 11 is 0. The lowest BCUT2D eigenvalue weighted by Gasteiger charge is -2.20. The van der Waals surface area contributed by atoms with Crippen molar-refractivity contribution in [1.82, 2.24) is 15.5 Å². The summed E-state index contributed by atoms with van der Waals surface area (Å²) in [5, 5.41) is 6.65. The van der Waals surface area contributed by atoms with Gasteiger partial charge in [-0.1, -0.05) is 67.9 Å². The molecule has 0 unspecified atom stereocenters. The largest absolute Gasteiger partial charge is 0.416 e. The van der Waals surface area contributed by atoms with E-state index in [-0.39, 0.29) is 35.7 Å². The number of rotatable bonds is 9. The van der Waals surface area contributed by atoms with E-state index in [0.29, 0.717) is 13.0 Å². The molecule has 1 aromatic heterocycles. The molecule has 3 aromatic rings. The molecule has 0 fully saturated rings. The summed E-state index contributed by atoms with van der Waals surface area (Å²) in [6.07, 6.45) is -3.77. The minimum absolute atomic E-state index is 0.0222. The zero-order valence-corrected chi connectivity index (χ0v) is 17.7. The molecular formula is C23H24F3N3O3. The number of benzene rings is 2. The van der Waals surface area contributed by atoms with Crippen molar-refractivity contribution < 1.29 is 27.2 Å². The van der Waals surface area contributed by atoms with E-state index >= 15 is 0 Å². The first-order valence-corrected chi connectivity index (χ1v) is 10.2. The molecule has 170 valence electrons. The highest BCUT2D eigenvalue weighted by Crippen LogP contribution is 2.32. The lowest BCUT2D eigenvalue weighted by molar-refractivity contribution is -0.137. The van der Waals surface area contributed by atoms with E-state index in [1.54, 1.807) is 0 Å². The van der Waals surface area contributed by atoms with Gasteiger partial charge < -0.3 is 14.6 Å². The number of carbonyl (C=O) groups excluding carboxylic acids is 1. The summed E-state index contributed by atoms with van der Waals surface area (Å²) in [6, 6.07) is 13.5. The van der Waals surface area contributed by atoms with Crippen LogP contribution in [0.2, 0.25) is 0 Å². The normalized spacial score (nSPS) is 13.5. The molecule has 0 saturated heterocycles. The van der Waals surface area contributed by atoms with Crippen LogP contribution in [0, 0.1) is 5.92 Å².